The fraction of sp³-hybridized carbons (Fsp3) is 0.154. The molecule has 100 valence electrons. The van der Waals surface area contributed by atoms with Gasteiger partial charge >= 0.3 is 0 Å². The molecule has 1 aromatic carbocycles. The Hall–Kier alpha value is -1.16. The zero-order chi connectivity index (χ0) is 14.0. The van der Waals surface area contributed by atoms with E-state index in [2.05, 4.69) is 10.3 Å². The number of nitrogens with one attached hydrogen (secondary N) is 1. The largest absolute Gasteiger partial charge is 0.506 e. The summed E-state index contributed by atoms with van der Waals surface area (Å²) in [4.78, 5) is 4.13. The first-order chi connectivity index (χ1) is 8.97. The molecule has 0 aliphatic heterocycles. The molecule has 0 unspecified atom stereocenters. The number of anilines is 1. The number of pyridine rings is 1. The van der Waals surface area contributed by atoms with Gasteiger partial charge in [-0.3, -0.25) is 0 Å². The minimum absolute atomic E-state index is 0.0261. The van der Waals surface area contributed by atoms with Crippen LogP contribution in [0.25, 0.3) is 0 Å². The van der Waals surface area contributed by atoms with E-state index < -0.39 is 0 Å². The Morgan fingerprint density at radius 3 is 2.63 bits per heavy atom. The number of benzene rings is 1. The van der Waals surface area contributed by atoms with E-state index >= 15 is 0 Å². The van der Waals surface area contributed by atoms with E-state index in [1.54, 1.807) is 12.1 Å². The fourth-order valence-electron chi connectivity index (χ4n) is 1.66. The third-order valence-electron chi connectivity index (χ3n) is 2.63. The molecule has 0 radical (unpaired) electrons. The zero-order valence-electron chi connectivity index (χ0n) is 10.0. The molecule has 0 bridgehead atoms. The molecule has 0 saturated carbocycles. The fourth-order valence-corrected chi connectivity index (χ4v) is 2.39. The second-order valence-electron chi connectivity index (χ2n) is 4.02. The number of phenolic OH excluding ortho intramolecular Hbond substituents is 1. The normalized spacial score (nSPS) is 10.5. The number of aromatic nitrogens is 1. The van der Waals surface area contributed by atoms with Crippen molar-refractivity contribution in [3.63, 3.8) is 0 Å². The highest BCUT2D eigenvalue weighted by molar-refractivity contribution is 6.35. The van der Waals surface area contributed by atoms with Crippen LogP contribution in [0.1, 0.15) is 11.3 Å². The van der Waals surface area contributed by atoms with Gasteiger partial charge < -0.3 is 10.4 Å². The van der Waals surface area contributed by atoms with Crippen LogP contribution in [-0.4, -0.2) is 10.1 Å². The summed E-state index contributed by atoms with van der Waals surface area (Å²) in [5, 5.41) is 14.1. The first-order valence-electron chi connectivity index (χ1n) is 5.51. The van der Waals surface area contributed by atoms with Crippen LogP contribution in [0.4, 0.5) is 5.69 Å². The van der Waals surface area contributed by atoms with Crippen molar-refractivity contribution in [1.82, 2.24) is 4.98 Å². The number of hydrogen-bond acceptors (Lipinski definition) is 3. The van der Waals surface area contributed by atoms with Gasteiger partial charge in [0.15, 0.2) is 0 Å². The lowest BCUT2D eigenvalue weighted by Gasteiger charge is -2.11. The van der Waals surface area contributed by atoms with Crippen molar-refractivity contribution in [1.29, 1.82) is 0 Å². The van der Waals surface area contributed by atoms with Crippen LogP contribution >= 0.6 is 34.8 Å². The number of nitrogens with zero attached hydrogens (tertiary/aromatic N) is 1. The van der Waals surface area contributed by atoms with Crippen LogP contribution in [0.3, 0.4) is 0 Å². The first kappa shape index (κ1) is 14.3. The predicted molar refractivity (Wildman–Crippen MR) is 79.4 cm³/mol. The van der Waals surface area contributed by atoms with Crippen molar-refractivity contribution in [2.24, 2.45) is 0 Å². The van der Waals surface area contributed by atoms with Gasteiger partial charge in [-0.1, -0.05) is 34.8 Å². The van der Waals surface area contributed by atoms with E-state index in [-0.39, 0.29) is 10.8 Å². The molecule has 6 heteroatoms. The lowest BCUT2D eigenvalue weighted by atomic mass is 10.2. The van der Waals surface area contributed by atoms with Crippen LogP contribution in [0.15, 0.2) is 24.3 Å². The molecular formula is C13H11Cl3N2O. The number of aromatic hydroxyl groups is 1. The minimum atomic E-state index is 0.0261. The predicted octanol–water partition coefficient (Wildman–Crippen LogP) is 4.67. The Morgan fingerprint density at radius 2 is 1.95 bits per heavy atom. The van der Waals surface area contributed by atoms with Crippen LogP contribution in [0.2, 0.25) is 15.2 Å². The summed E-state index contributed by atoms with van der Waals surface area (Å²) in [5.41, 5.74) is 2.23. The maximum Gasteiger partial charge on any atom is 0.139 e. The first-order valence-corrected chi connectivity index (χ1v) is 6.64. The van der Waals surface area contributed by atoms with E-state index in [0.29, 0.717) is 22.3 Å². The SMILES string of the molecule is Cc1nc(Cl)ccc1NCc1cc(Cl)cc(Cl)c1O. The zero-order valence-corrected chi connectivity index (χ0v) is 12.3. The van der Waals surface area contributed by atoms with E-state index in [1.807, 2.05) is 13.0 Å². The molecule has 0 aliphatic rings. The van der Waals surface area contributed by atoms with Crippen LogP contribution in [-0.2, 0) is 6.54 Å². The van der Waals surface area contributed by atoms with Crippen LogP contribution in [0.5, 0.6) is 5.75 Å². The summed E-state index contributed by atoms with van der Waals surface area (Å²) in [6.07, 6.45) is 0. The second-order valence-corrected chi connectivity index (χ2v) is 5.25. The second kappa shape index (κ2) is 5.87. The van der Waals surface area contributed by atoms with Gasteiger partial charge in [-0.2, -0.15) is 0 Å². The van der Waals surface area contributed by atoms with Gasteiger partial charge in [-0.15, -0.1) is 0 Å². The molecule has 0 amide bonds. The van der Waals surface area contributed by atoms with Crippen molar-refractivity contribution in [2.45, 2.75) is 13.5 Å². The molecule has 0 atom stereocenters. The van der Waals surface area contributed by atoms with E-state index in [0.717, 1.165) is 11.4 Å². The average molecular weight is 318 g/mol. The smallest absolute Gasteiger partial charge is 0.139 e. The Kier molecular flexibility index (Phi) is 4.40. The Bertz CT molecular complexity index is 617. The van der Waals surface area contributed by atoms with E-state index in [4.69, 9.17) is 34.8 Å². The van der Waals surface area contributed by atoms with Crippen LogP contribution in [0, 0.1) is 6.92 Å². The van der Waals surface area contributed by atoms with Crippen molar-refractivity contribution in [2.75, 3.05) is 5.32 Å². The highest BCUT2D eigenvalue weighted by Crippen LogP contribution is 2.31. The third kappa shape index (κ3) is 3.44. The molecule has 1 heterocycles. The summed E-state index contributed by atoms with van der Waals surface area (Å²) < 4.78 is 0. The van der Waals surface area contributed by atoms with Gasteiger partial charge in [0.2, 0.25) is 0 Å². The molecule has 3 nitrogen and oxygen atoms in total. The molecular weight excluding hydrogens is 307 g/mol. The highest BCUT2D eigenvalue weighted by atomic mass is 35.5. The molecule has 0 fully saturated rings. The molecule has 0 spiro atoms. The van der Waals surface area contributed by atoms with E-state index in [9.17, 15) is 5.11 Å². The van der Waals surface area contributed by atoms with Crippen molar-refractivity contribution >= 4 is 40.5 Å². The number of rotatable bonds is 3. The summed E-state index contributed by atoms with van der Waals surface area (Å²) in [6, 6.07) is 6.68. The summed E-state index contributed by atoms with van der Waals surface area (Å²) in [6.45, 7) is 2.23. The maximum atomic E-state index is 9.85. The van der Waals surface area contributed by atoms with Crippen molar-refractivity contribution < 1.29 is 5.11 Å². The number of phenols is 1. The van der Waals surface area contributed by atoms with Crippen LogP contribution < -0.4 is 5.32 Å². The molecule has 1 aromatic heterocycles. The van der Waals surface area contributed by atoms with Gasteiger partial charge in [-0.25, -0.2) is 4.98 Å². The van der Waals surface area contributed by atoms with E-state index in [1.165, 1.54) is 6.07 Å². The lowest BCUT2D eigenvalue weighted by molar-refractivity contribution is 0.469. The molecule has 2 aromatic rings. The molecule has 2 rings (SSSR count). The summed E-state index contributed by atoms with van der Waals surface area (Å²) >= 11 is 17.6. The molecule has 2 N–H and O–H groups in total. The van der Waals surface area contributed by atoms with Crippen molar-refractivity contribution in [3.8, 4) is 5.75 Å². The van der Waals surface area contributed by atoms with Gasteiger partial charge in [0.05, 0.1) is 16.4 Å². The van der Waals surface area contributed by atoms with Gasteiger partial charge in [0.1, 0.15) is 10.9 Å². The Morgan fingerprint density at radius 1 is 1.21 bits per heavy atom. The van der Waals surface area contributed by atoms with Gasteiger partial charge in [0.25, 0.3) is 0 Å². The average Bonchev–Trinajstić information content (AvgIpc) is 2.33. The molecule has 19 heavy (non-hydrogen) atoms. The topological polar surface area (TPSA) is 45.2 Å². The summed E-state index contributed by atoms with van der Waals surface area (Å²) in [7, 11) is 0. The maximum absolute atomic E-state index is 9.85. The Labute approximate surface area is 126 Å². The highest BCUT2D eigenvalue weighted by Gasteiger charge is 2.08. The monoisotopic (exact) mass is 316 g/mol. The van der Waals surface area contributed by atoms with Crippen molar-refractivity contribution in [3.05, 3.63) is 50.7 Å². The number of halogens is 3. The molecule has 0 saturated heterocycles. The number of hydrogen-bond donors (Lipinski definition) is 2. The minimum Gasteiger partial charge on any atom is -0.506 e. The Balaban J connectivity index is 2.19. The lowest BCUT2D eigenvalue weighted by Crippen LogP contribution is -2.02. The molecule has 0 aliphatic carbocycles. The summed E-state index contributed by atoms with van der Waals surface area (Å²) in [5.74, 6) is 0.0261. The van der Waals surface area contributed by atoms with Gasteiger partial charge in [-0.05, 0) is 31.2 Å². The third-order valence-corrected chi connectivity index (χ3v) is 3.35. The number of aryl methyl sites for hydroxylation is 1. The standard InChI is InChI=1S/C13H11Cl3N2O/c1-7-11(2-3-12(16)18-7)17-6-8-4-9(14)5-10(15)13(8)19/h2-5,17,19H,6H2,1H3. The quantitative estimate of drug-likeness (QED) is 0.809. The van der Waals surface area contributed by atoms with Gasteiger partial charge in [0, 0.05) is 17.1 Å².